The SMILES string of the molecule is N#Cc1nc(C2CC2c2cccc(F)c2)oc1N1CCN(S(=O)(=O)c2ccc(Br)cc2)CC1. The molecule has 7 nitrogen and oxygen atoms in total. The molecule has 1 aliphatic heterocycles. The van der Waals surface area contributed by atoms with Gasteiger partial charge in [-0.1, -0.05) is 28.1 Å². The second-order valence-corrected chi connectivity index (χ2v) is 11.0. The third kappa shape index (κ3) is 4.28. The van der Waals surface area contributed by atoms with Crippen LogP contribution in [0.1, 0.15) is 35.4 Å². The Morgan fingerprint density at radius 1 is 1.09 bits per heavy atom. The van der Waals surface area contributed by atoms with E-state index in [1.165, 1.54) is 16.4 Å². The van der Waals surface area contributed by atoms with Crippen LogP contribution in [0.2, 0.25) is 0 Å². The van der Waals surface area contributed by atoms with Gasteiger partial charge < -0.3 is 9.32 Å². The maximum absolute atomic E-state index is 13.6. The van der Waals surface area contributed by atoms with E-state index in [0.29, 0.717) is 24.9 Å². The van der Waals surface area contributed by atoms with Gasteiger partial charge in [0.1, 0.15) is 11.9 Å². The van der Waals surface area contributed by atoms with E-state index in [4.69, 9.17) is 4.42 Å². The van der Waals surface area contributed by atoms with Gasteiger partial charge in [0.05, 0.1) is 4.90 Å². The fraction of sp³-hybridized carbons (Fsp3) is 0.304. The fourth-order valence-electron chi connectivity index (χ4n) is 4.23. The Labute approximate surface area is 199 Å². The fourth-order valence-corrected chi connectivity index (χ4v) is 5.92. The molecule has 2 unspecified atom stereocenters. The Kier molecular flexibility index (Phi) is 5.72. The molecule has 170 valence electrons. The van der Waals surface area contributed by atoms with Crippen molar-refractivity contribution in [3.63, 3.8) is 0 Å². The van der Waals surface area contributed by atoms with Crippen molar-refractivity contribution in [2.75, 3.05) is 31.1 Å². The van der Waals surface area contributed by atoms with Crippen LogP contribution in [0.4, 0.5) is 10.3 Å². The molecular weight excluding hydrogens is 511 g/mol. The van der Waals surface area contributed by atoms with Crippen LogP contribution in [0.3, 0.4) is 0 Å². The molecule has 1 saturated carbocycles. The predicted molar refractivity (Wildman–Crippen MR) is 123 cm³/mol. The number of benzene rings is 2. The van der Waals surface area contributed by atoms with Gasteiger partial charge >= 0.3 is 0 Å². The van der Waals surface area contributed by atoms with E-state index in [0.717, 1.165) is 16.5 Å². The number of hydrogen-bond acceptors (Lipinski definition) is 6. The van der Waals surface area contributed by atoms with Crippen molar-refractivity contribution in [3.8, 4) is 6.07 Å². The first-order valence-corrected chi connectivity index (χ1v) is 12.8. The van der Waals surface area contributed by atoms with Gasteiger partial charge in [0.15, 0.2) is 0 Å². The Morgan fingerprint density at radius 2 is 1.82 bits per heavy atom. The number of nitriles is 1. The molecule has 0 bridgehead atoms. The molecule has 0 N–H and O–H groups in total. The average Bonchev–Trinajstić information content (AvgIpc) is 3.51. The number of rotatable bonds is 5. The highest BCUT2D eigenvalue weighted by Crippen LogP contribution is 2.55. The molecule has 1 aromatic heterocycles. The van der Waals surface area contributed by atoms with Crippen LogP contribution in [0.25, 0.3) is 0 Å². The molecule has 2 aromatic carbocycles. The van der Waals surface area contributed by atoms with Gasteiger partial charge in [-0.25, -0.2) is 17.8 Å². The zero-order chi connectivity index (χ0) is 23.2. The lowest BCUT2D eigenvalue weighted by Crippen LogP contribution is -2.48. The molecule has 0 spiro atoms. The quantitative estimate of drug-likeness (QED) is 0.490. The van der Waals surface area contributed by atoms with Gasteiger partial charge in [-0.3, -0.25) is 0 Å². The van der Waals surface area contributed by atoms with Crippen LogP contribution < -0.4 is 4.90 Å². The van der Waals surface area contributed by atoms with E-state index in [9.17, 15) is 18.1 Å². The smallest absolute Gasteiger partial charge is 0.243 e. The molecule has 5 rings (SSSR count). The zero-order valence-electron chi connectivity index (χ0n) is 17.5. The molecule has 10 heteroatoms. The minimum Gasteiger partial charge on any atom is -0.423 e. The summed E-state index contributed by atoms with van der Waals surface area (Å²) >= 11 is 3.32. The molecule has 2 fully saturated rings. The first-order chi connectivity index (χ1) is 15.9. The summed E-state index contributed by atoms with van der Waals surface area (Å²) in [5.41, 5.74) is 1.09. The Balaban J connectivity index is 1.29. The highest BCUT2D eigenvalue weighted by Gasteiger charge is 2.44. The second kappa shape index (κ2) is 8.56. The molecular formula is C23H20BrFN4O3S. The number of hydrogen-bond donors (Lipinski definition) is 0. The molecule has 2 heterocycles. The summed E-state index contributed by atoms with van der Waals surface area (Å²) in [6.45, 7) is 1.32. The average molecular weight is 531 g/mol. The summed E-state index contributed by atoms with van der Waals surface area (Å²) < 4.78 is 47.7. The number of aromatic nitrogens is 1. The third-order valence-corrected chi connectivity index (χ3v) is 8.53. The molecule has 0 amide bonds. The highest BCUT2D eigenvalue weighted by atomic mass is 79.9. The maximum atomic E-state index is 13.6. The first kappa shape index (κ1) is 22.1. The molecule has 1 saturated heterocycles. The van der Waals surface area contributed by atoms with Crippen molar-refractivity contribution < 1.29 is 17.2 Å². The maximum Gasteiger partial charge on any atom is 0.243 e. The Hall–Kier alpha value is -2.74. The number of oxazole rings is 1. The summed E-state index contributed by atoms with van der Waals surface area (Å²) in [6, 6.07) is 15.1. The standard InChI is InChI=1S/C23H20BrFN4O3S/c24-16-4-6-18(7-5-16)33(30,31)29-10-8-28(9-11-29)23-21(14-26)27-22(32-23)20-13-19(20)15-2-1-3-17(25)12-15/h1-7,12,19-20H,8-11,13H2. The lowest BCUT2D eigenvalue weighted by atomic mass is 10.1. The summed E-state index contributed by atoms with van der Waals surface area (Å²) in [7, 11) is -3.60. The number of sulfonamides is 1. The van der Waals surface area contributed by atoms with Gasteiger partial charge in [0.25, 0.3) is 0 Å². The lowest BCUT2D eigenvalue weighted by Gasteiger charge is -2.33. The van der Waals surface area contributed by atoms with Gasteiger partial charge in [-0.05, 0) is 54.3 Å². The Bertz CT molecular complexity index is 1330. The van der Waals surface area contributed by atoms with Crippen molar-refractivity contribution >= 4 is 31.8 Å². The van der Waals surface area contributed by atoms with E-state index in [1.54, 1.807) is 30.3 Å². The van der Waals surface area contributed by atoms with E-state index in [1.807, 2.05) is 11.0 Å². The molecule has 2 atom stereocenters. The van der Waals surface area contributed by atoms with Crippen molar-refractivity contribution in [1.82, 2.24) is 9.29 Å². The minimum atomic E-state index is -3.60. The number of halogens is 2. The largest absolute Gasteiger partial charge is 0.423 e. The molecule has 3 aromatic rings. The Morgan fingerprint density at radius 3 is 2.48 bits per heavy atom. The van der Waals surface area contributed by atoms with E-state index >= 15 is 0 Å². The van der Waals surface area contributed by atoms with Gasteiger partial charge in [-0.2, -0.15) is 9.57 Å². The first-order valence-electron chi connectivity index (χ1n) is 10.5. The summed E-state index contributed by atoms with van der Waals surface area (Å²) in [5.74, 6) is 0.692. The van der Waals surface area contributed by atoms with Crippen LogP contribution in [0.5, 0.6) is 0 Å². The van der Waals surface area contributed by atoms with E-state index in [-0.39, 0.29) is 41.3 Å². The zero-order valence-corrected chi connectivity index (χ0v) is 19.9. The van der Waals surface area contributed by atoms with E-state index < -0.39 is 10.0 Å². The van der Waals surface area contributed by atoms with Crippen LogP contribution in [-0.2, 0) is 10.0 Å². The second-order valence-electron chi connectivity index (χ2n) is 8.17. The van der Waals surface area contributed by atoms with Crippen LogP contribution in [0, 0.1) is 17.1 Å². The highest BCUT2D eigenvalue weighted by molar-refractivity contribution is 9.10. The monoisotopic (exact) mass is 530 g/mol. The van der Waals surface area contributed by atoms with Crippen molar-refractivity contribution in [3.05, 3.63) is 76.0 Å². The summed E-state index contributed by atoms with van der Waals surface area (Å²) in [6.07, 6.45) is 0.785. The topological polar surface area (TPSA) is 90.4 Å². The molecule has 1 aliphatic carbocycles. The van der Waals surface area contributed by atoms with Crippen molar-refractivity contribution in [2.24, 2.45) is 0 Å². The van der Waals surface area contributed by atoms with Crippen LogP contribution in [-0.4, -0.2) is 43.9 Å². The number of anilines is 1. The van der Waals surface area contributed by atoms with Crippen molar-refractivity contribution in [1.29, 1.82) is 5.26 Å². The predicted octanol–water partition coefficient (Wildman–Crippen LogP) is 4.23. The molecule has 33 heavy (non-hydrogen) atoms. The van der Waals surface area contributed by atoms with Gasteiger partial charge in [0, 0.05) is 36.6 Å². The van der Waals surface area contributed by atoms with Crippen molar-refractivity contribution in [2.45, 2.75) is 23.2 Å². The summed E-state index contributed by atoms with van der Waals surface area (Å²) in [5, 5.41) is 9.58. The third-order valence-electron chi connectivity index (χ3n) is 6.09. The minimum absolute atomic E-state index is 0.00622. The molecule has 0 radical (unpaired) electrons. The van der Waals surface area contributed by atoms with Gasteiger partial charge in [0.2, 0.25) is 27.5 Å². The lowest BCUT2D eigenvalue weighted by molar-refractivity contribution is 0.370. The summed E-state index contributed by atoms with van der Waals surface area (Å²) in [4.78, 5) is 6.50. The van der Waals surface area contributed by atoms with Crippen LogP contribution in [0.15, 0.2) is 62.3 Å². The number of nitrogens with zero attached hydrogens (tertiary/aromatic N) is 4. The number of piperazine rings is 1. The van der Waals surface area contributed by atoms with E-state index in [2.05, 4.69) is 27.0 Å². The molecule has 2 aliphatic rings. The normalized spacial score (nSPS) is 21.1. The van der Waals surface area contributed by atoms with Crippen LogP contribution >= 0.6 is 15.9 Å². The van der Waals surface area contributed by atoms with Gasteiger partial charge in [-0.15, -0.1) is 0 Å².